The molecule has 5 rings (SSSR count). The summed E-state index contributed by atoms with van der Waals surface area (Å²) < 4.78 is 12.1. The molecular formula is C23H25N3O4. The number of nitrogens with zero attached hydrogens (tertiary/aromatic N) is 2. The second-order valence-corrected chi connectivity index (χ2v) is 8.63. The van der Waals surface area contributed by atoms with Gasteiger partial charge < -0.3 is 14.8 Å². The Labute approximate surface area is 175 Å². The first-order chi connectivity index (χ1) is 14.3. The molecule has 30 heavy (non-hydrogen) atoms. The quantitative estimate of drug-likeness (QED) is 0.764. The van der Waals surface area contributed by atoms with Crippen molar-refractivity contribution in [1.82, 2.24) is 10.3 Å². The van der Waals surface area contributed by atoms with Crippen LogP contribution in [0.5, 0.6) is 11.6 Å². The fourth-order valence-electron chi connectivity index (χ4n) is 4.42. The SMILES string of the molecule is CC[C@@]1(C)NC(=O)N(c2cnc(Oc3ccc4c(c3)C3(CCC3)OC4)c(C)c2)C1=O. The maximum Gasteiger partial charge on any atom is 0.329 e. The minimum Gasteiger partial charge on any atom is -0.439 e. The van der Waals surface area contributed by atoms with Crippen LogP contribution in [0.2, 0.25) is 0 Å². The normalized spacial score (nSPS) is 24.0. The van der Waals surface area contributed by atoms with Crippen LogP contribution in [0.3, 0.4) is 0 Å². The van der Waals surface area contributed by atoms with Crippen molar-refractivity contribution in [2.45, 2.75) is 64.2 Å². The van der Waals surface area contributed by atoms with Gasteiger partial charge in [0.15, 0.2) is 0 Å². The Morgan fingerprint density at radius 3 is 2.70 bits per heavy atom. The van der Waals surface area contributed by atoms with Crippen LogP contribution in [-0.4, -0.2) is 22.5 Å². The molecule has 2 fully saturated rings. The molecule has 1 aromatic carbocycles. The monoisotopic (exact) mass is 407 g/mol. The third kappa shape index (κ3) is 2.72. The zero-order valence-electron chi connectivity index (χ0n) is 17.4. The van der Waals surface area contributed by atoms with Crippen LogP contribution in [0.1, 0.15) is 56.2 Å². The summed E-state index contributed by atoms with van der Waals surface area (Å²) in [5, 5.41) is 2.76. The first kappa shape index (κ1) is 19.1. The maximum atomic E-state index is 12.7. The topological polar surface area (TPSA) is 80.8 Å². The van der Waals surface area contributed by atoms with Crippen molar-refractivity contribution >= 4 is 17.6 Å². The van der Waals surface area contributed by atoms with Crippen LogP contribution in [0.15, 0.2) is 30.5 Å². The molecule has 1 aliphatic carbocycles. The van der Waals surface area contributed by atoms with E-state index < -0.39 is 11.6 Å². The number of anilines is 1. The predicted octanol–water partition coefficient (Wildman–Crippen LogP) is 4.32. The molecule has 0 radical (unpaired) electrons. The van der Waals surface area contributed by atoms with Gasteiger partial charge in [0.25, 0.3) is 5.91 Å². The van der Waals surface area contributed by atoms with Gasteiger partial charge in [-0.25, -0.2) is 14.7 Å². The van der Waals surface area contributed by atoms with Crippen LogP contribution < -0.4 is 15.0 Å². The molecule has 1 aromatic heterocycles. The molecule has 2 aliphatic heterocycles. The average molecular weight is 407 g/mol. The highest BCUT2D eigenvalue weighted by molar-refractivity contribution is 6.23. The number of amides is 3. The zero-order valence-corrected chi connectivity index (χ0v) is 17.4. The highest BCUT2D eigenvalue weighted by atomic mass is 16.5. The second kappa shape index (κ2) is 6.54. The molecule has 0 bridgehead atoms. The number of ether oxygens (including phenoxy) is 2. The van der Waals surface area contributed by atoms with Crippen molar-refractivity contribution in [2.24, 2.45) is 0 Å². The van der Waals surface area contributed by atoms with Gasteiger partial charge in [0.2, 0.25) is 5.88 Å². The number of carbonyl (C=O) groups is 2. The molecule has 3 heterocycles. The number of pyridine rings is 1. The van der Waals surface area contributed by atoms with Crippen molar-refractivity contribution < 1.29 is 19.1 Å². The second-order valence-electron chi connectivity index (χ2n) is 8.63. The van der Waals surface area contributed by atoms with Gasteiger partial charge in [-0.05, 0) is 68.9 Å². The zero-order chi connectivity index (χ0) is 21.1. The first-order valence-electron chi connectivity index (χ1n) is 10.4. The lowest BCUT2D eigenvalue weighted by Crippen LogP contribution is -2.43. The van der Waals surface area contributed by atoms with Gasteiger partial charge in [-0.1, -0.05) is 13.0 Å². The van der Waals surface area contributed by atoms with Gasteiger partial charge in [-0.3, -0.25) is 4.79 Å². The summed E-state index contributed by atoms with van der Waals surface area (Å²) in [7, 11) is 0. The summed E-state index contributed by atoms with van der Waals surface area (Å²) in [5.74, 6) is 0.891. The average Bonchev–Trinajstić information content (AvgIpc) is 3.19. The minimum atomic E-state index is -0.885. The van der Waals surface area contributed by atoms with Gasteiger partial charge in [0.1, 0.15) is 11.3 Å². The van der Waals surface area contributed by atoms with E-state index >= 15 is 0 Å². The number of hydrogen-bond donors (Lipinski definition) is 1. The number of urea groups is 1. The van der Waals surface area contributed by atoms with E-state index in [0.29, 0.717) is 30.3 Å². The van der Waals surface area contributed by atoms with E-state index in [1.807, 2.05) is 19.9 Å². The van der Waals surface area contributed by atoms with Crippen molar-refractivity contribution in [1.29, 1.82) is 0 Å². The molecule has 1 N–H and O–H groups in total. The Bertz CT molecular complexity index is 1060. The number of imide groups is 1. The lowest BCUT2D eigenvalue weighted by molar-refractivity contribution is -0.121. The van der Waals surface area contributed by atoms with Gasteiger partial charge in [-0.2, -0.15) is 0 Å². The van der Waals surface area contributed by atoms with Gasteiger partial charge >= 0.3 is 6.03 Å². The third-order valence-corrected chi connectivity index (χ3v) is 6.69. The maximum absolute atomic E-state index is 12.7. The molecule has 2 aromatic rings. The number of hydrogen-bond acceptors (Lipinski definition) is 5. The number of nitrogens with one attached hydrogen (secondary N) is 1. The molecule has 7 nitrogen and oxygen atoms in total. The molecule has 1 atom stereocenters. The van der Waals surface area contributed by atoms with Gasteiger partial charge in [0.05, 0.1) is 24.1 Å². The van der Waals surface area contributed by atoms with Gasteiger partial charge in [0, 0.05) is 5.56 Å². The molecule has 7 heteroatoms. The van der Waals surface area contributed by atoms with Crippen LogP contribution in [0.25, 0.3) is 0 Å². The van der Waals surface area contributed by atoms with Crippen molar-refractivity contribution in [3.8, 4) is 11.6 Å². The number of aromatic nitrogens is 1. The summed E-state index contributed by atoms with van der Waals surface area (Å²) in [6.45, 7) is 6.12. The molecule has 1 spiro atoms. The minimum absolute atomic E-state index is 0.129. The number of aryl methyl sites for hydroxylation is 1. The Morgan fingerprint density at radius 1 is 1.27 bits per heavy atom. The summed E-state index contributed by atoms with van der Waals surface area (Å²) in [6.07, 6.45) is 5.32. The van der Waals surface area contributed by atoms with Crippen LogP contribution in [-0.2, 0) is 21.7 Å². The van der Waals surface area contributed by atoms with Crippen molar-refractivity contribution in [3.05, 3.63) is 47.2 Å². The molecule has 3 aliphatic rings. The van der Waals surface area contributed by atoms with E-state index in [1.54, 1.807) is 13.0 Å². The van der Waals surface area contributed by atoms with E-state index in [9.17, 15) is 9.59 Å². The van der Waals surface area contributed by atoms with E-state index in [-0.39, 0.29) is 11.5 Å². The summed E-state index contributed by atoms with van der Waals surface area (Å²) >= 11 is 0. The third-order valence-electron chi connectivity index (χ3n) is 6.69. The van der Waals surface area contributed by atoms with Crippen molar-refractivity contribution in [2.75, 3.05) is 4.90 Å². The first-order valence-corrected chi connectivity index (χ1v) is 10.4. The number of carbonyl (C=O) groups excluding carboxylic acids is 2. The summed E-state index contributed by atoms with van der Waals surface area (Å²) in [5.41, 5.74) is 2.61. The van der Waals surface area contributed by atoms with Crippen LogP contribution in [0, 0.1) is 6.92 Å². The number of fused-ring (bicyclic) bond motifs is 2. The number of benzene rings is 1. The summed E-state index contributed by atoms with van der Waals surface area (Å²) in [4.78, 5) is 30.7. The van der Waals surface area contributed by atoms with E-state index in [0.717, 1.165) is 23.3 Å². The van der Waals surface area contributed by atoms with Gasteiger partial charge in [-0.15, -0.1) is 0 Å². The highest BCUT2D eigenvalue weighted by Gasteiger charge is 2.47. The molecule has 0 unspecified atom stereocenters. The number of rotatable bonds is 4. The molecular weight excluding hydrogens is 382 g/mol. The lowest BCUT2D eigenvalue weighted by Gasteiger charge is -2.38. The molecule has 1 saturated carbocycles. The largest absolute Gasteiger partial charge is 0.439 e. The Hall–Kier alpha value is -2.93. The van der Waals surface area contributed by atoms with E-state index in [1.165, 1.54) is 23.7 Å². The smallest absolute Gasteiger partial charge is 0.329 e. The van der Waals surface area contributed by atoms with E-state index in [4.69, 9.17) is 9.47 Å². The Balaban J connectivity index is 1.40. The Morgan fingerprint density at radius 2 is 2.07 bits per heavy atom. The molecule has 3 amide bonds. The summed E-state index contributed by atoms with van der Waals surface area (Å²) in [6, 6.07) is 7.37. The standard InChI is InChI=1S/C23H25N3O4/c1-4-22(3)20(27)26(21(28)25-22)16-10-14(2)19(24-12-16)30-17-7-6-15-13-29-23(8-5-9-23)18(15)11-17/h6-7,10-12H,4-5,8-9,13H2,1-3H3,(H,25,28)/t22-/m1/s1. The van der Waals surface area contributed by atoms with Crippen LogP contribution in [0.4, 0.5) is 10.5 Å². The fourth-order valence-corrected chi connectivity index (χ4v) is 4.42. The predicted molar refractivity (Wildman–Crippen MR) is 111 cm³/mol. The lowest BCUT2D eigenvalue weighted by atomic mass is 9.75. The Kier molecular flexibility index (Phi) is 4.15. The fraction of sp³-hybridized carbons (Fsp3) is 0.435. The van der Waals surface area contributed by atoms with E-state index in [2.05, 4.69) is 22.4 Å². The molecule has 156 valence electrons. The highest BCUT2D eigenvalue weighted by Crippen LogP contribution is 2.51. The van der Waals surface area contributed by atoms with Crippen LogP contribution >= 0.6 is 0 Å². The molecule has 1 saturated heterocycles. The van der Waals surface area contributed by atoms with Crippen molar-refractivity contribution in [3.63, 3.8) is 0 Å².